The van der Waals surface area contributed by atoms with E-state index >= 15 is 0 Å². The van der Waals surface area contributed by atoms with Gasteiger partial charge in [0.05, 0.1) is 23.6 Å². The van der Waals surface area contributed by atoms with Crippen molar-refractivity contribution in [3.63, 3.8) is 0 Å². The van der Waals surface area contributed by atoms with Crippen LogP contribution in [-0.4, -0.2) is 53.3 Å². The Labute approximate surface area is 216 Å². The fraction of sp³-hybridized carbons (Fsp3) is 0.241. The Morgan fingerprint density at radius 2 is 1.89 bits per heavy atom. The zero-order valence-electron chi connectivity index (χ0n) is 20.7. The van der Waals surface area contributed by atoms with Crippen molar-refractivity contribution in [1.82, 2.24) is 14.9 Å². The minimum absolute atomic E-state index is 0.000503. The molecule has 8 nitrogen and oxygen atoms in total. The minimum Gasteiger partial charge on any atom is -0.457 e. The van der Waals surface area contributed by atoms with E-state index in [1.54, 1.807) is 19.3 Å². The van der Waals surface area contributed by atoms with Crippen LogP contribution in [0.15, 0.2) is 84.1 Å². The lowest BCUT2D eigenvalue weighted by atomic mass is 9.96. The van der Waals surface area contributed by atoms with Gasteiger partial charge in [-0.1, -0.05) is 30.4 Å². The van der Waals surface area contributed by atoms with Gasteiger partial charge in [0.2, 0.25) is 5.91 Å². The van der Waals surface area contributed by atoms with Crippen molar-refractivity contribution >= 4 is 23.1 Å². The fourth-order valence-corrected chi connectivity index (χ4v) is 4.61. The summed E-state index contributed by atoms with van der Waals surface area (Å²) in [5, 5.41) is 0. The number of benzene rings is 2. The van der Waals surface area contributed by atoms with Crippen LogP contribution in [0.25, 0.3) is 5.70 Å². The second kappa shape index (κ2) is 11.2. The third kappa shape index (κ3) is 5.59. The number of para-hydroxylation sites is 1. The number of carbonyl (C=O) groups is 1. The van der Waals surface area contributed by atoms with Crippen LogP contribution < -0.4 is 10.5 Å². The summed E-state index contributed by atoms with van der Waals surface area (Å²) in [4.78, 5) is 28.1. The molecule has 2 aliphatic heterocycles. The van der Waals surface area contributed by atoms with Crippen molar-refractivity contribution in [1.29, 1.82) is 0 Å². The number of ether oxygens (including phenoxy) is 2. The molecule has 188 valence electrons. The van der Waals surface area contributed by atoms with Gasteiger partial charge in [0.25, 0.3) is 0 Å². The average molecular weight is 496 g/mol. The number of aliphatic imine (C=N–C) groups is 1. The maximum atomic E-state index is 12.6. The van der Waals surface area contributed by atoms with Gasteiger partial charge in [0.15, 0.2) is 0 Å². The second-order valence-corrected chi connectivity index (χ2v) is 8.98. The topological polar surface area (TPSA) is 103 Å². The van der Waals surface area contributed by atoms with Crippen LogP contribution >= 0.6 is 0 Å². The van der Waals surface area contributed by atoms with Gasteiger partial charge in [-0.05, 0) is 55.2 Å². The number of likely N-dealkylation sites (tertiary alicyclic amines) is 1. The number of methoxy groups -OCH3 is 1. The lowest BCUT2D eigenvalue weighted by Gasteiger charge is -2.30. The number of anilines is 1. The number of piperidine rings is 1. The molecule has 2 N–H and O–H groups in total. The molecule has 1 unspecified atom stereocenters. The highest BCUT2D eigenvalue weighted by atomic mass is 16.5. The number of aromatic nitrogens is 2. The summed E-state index contributed by atoms with van der Waals surface area (Å²) in [5.41, 5.74) is 10.1. The first-order valence-corrected chi connectivity index (χ1v) is 12.3. The molecule has 0 radical (unpaired) electrons. The SMILES string of the molecule is COC/C=C/C(=O)N1CCCC(/C=C2\N=C(c3ccc(Oc4ccccc4)cc3)c3c(N)ncnc32)C1. The van der Waals surface area contributed by atoms with Crippen LogP contribution in [0.4, 0.5) is 5.82 Å². The van der Waals surface area contributed by atoms with Crippen molar-refractivity contribution in [2.24, 2.45) is 10.9 Å². The van der Waals surface area contributed by atoms with Crippen molar-refractivity contribution in [2.45, 2.75) is 12.8 Å². The van der Waals surface area contributed by atoms with E-state index in [-0.39, 0.29) is 11.8 Å². The predicted octanol–water partition coefficient (Wildman–Crippen LogP) is 4.48. The molecule has 2 aromatic carbocycles. The van der Waals surface area contributed by atoms with Crippen LogP contribution in [-0.2, 0) is 9.53 Å². The zero-order valence-corrected chi connectivity index (χ0v) is 20.7. The summed E-state index contributed by atoms with van der Waals surface area (Å²) in [7, 11) is 1.61. The highest BCUT2D eigenvalue weighted by Crippen LogP contribution is 2.35. The summed E-state index contributed by atoms with van der Waals surface area (Å²) in [6.45, 7) is 1.79. The van der Waals surface area contributed by atoms with E-state index in [0.717, 1.165) is 59.1 Å². The van der Waals surface area contributed by atoms with Crippen LogP contribution in [0.1, 0.15) is 29.7 Å². The van der Waals surface area contributed by atoms with Crippen molar-refractivity contribution in [3.8, 4) is 11.5 Å². The molecule has 8 heteroatoms. The van der Waals surface area contributed by atoms with E-state index < -0.39 is 0 Å². The zero-order chi connectivity index (χ0) is 25.6. The van der Waals surface area contributed by atoms with Crippen molar-refractivity contribution < 1.29 is 14.3 Å². The summed E-state index contributed by atoms with van der Waals surface area (Å²) >= 11 is 0. The smallest absolute Gasteiger partial charge is 0.246 e. The number of amides is 1. The van der Waals surface area contributed by atoms with Gasteiger partial charge >= 0.3 is 0 Å². The molecule has 37 heavy (non-hydrogen) atoms. The Hall–Kier alpha value is -4.30. The summed E-state index contributed by atoms with van der Waals surface area (Å²) < 4.78 is 10.9. The number of hydrogen-bond acceptors (Lipinski definition) is 7. The molecular formula is C29H29N5O3. The van der Waals surface area contributed by atoms with E-state index in [2.05, 4.69) is 16.0 Å². The number of nitrogens with two attached hydrogens (primary N) is 1. The molecule has 3 aromatic rings. The molecule has 5 rings (SSSR count). The monoisotopic (exact) mass is 495 g/mol. The van der Waals surface area contributed by atoms with E-state index in [0.29, 0.717) is 19.0 Å². The van der Waals surface area contributed by atoms with Crippen LogP contribution in [0.3, 0.4) is 0 Å². The molecule has 1 saturated heterocycles. The number of hydrogen-bond donors (Lipinski definition) is 1. The van der Waals surface area contributed by atoms with Gasteiger partial charge in [0.1, 0.15) is 29.3 Å². The Balaban J connectivity index is 1.39. The Morgan fingerprint density at radius 1 is 1.11 bits per heavy atom. The Morgan fingerprint density at radius 3 is 2.68 bits per heavy atom. The molecule has 0 spiro atoms. The number of rotatable bonds is 7. The highest BCUT2D eigenvalue weighted by molar-refractivity contribution is 6.22. The van der Waals surface area contributed by atoms with Crippen LogP contribution in [0, 0.1) is 5.92 Å². The third-order valence-corrected chi connectivity index (χ3v) is 6.38. The van der Waals surface area contributed by atoms with Crippen molar-refractivity contribution in [3.05, 3.63) is 96.0 Å². The summed E-state index contributed by atoms with van der Waals surface area (Å²) in [6.07, 6.45) is 8.80. The van der Waals surface area contributed by atoms with E-state index in [1.807, 2.05) is 59.5 Å². The molecule has 1 amide bonds. The van der Waals surface area contributed by atoms with Gasteiger partial charge in [-0.15, -0.1) is 0 Å². The Bertz CT molecular complexity index is 1350. The van der Waals surface area contributed by atoms with Crippen LogP contribution in [0.5, 0.6) is 11.5 Å². The lowest BCUT2D eigenvalue weighted by Crippen LogP contribution is -2.38. The van der Waals surface area contributed by atoms with E-state index in [1.165, 1.54) is 6.33 Å². The molecule has 0 saturated carbocycles. The van der Waals surface area contributed by atoms with Crippen molar-refractivity contribution in [2.75, 3.05) is 32.5 Å². The van der Waals surface area contributed by atoms with Gasteiger partial charge in [-0.2, -0.15) is 0 Å². The first-order chi connectivity index (χ1) is 18.1. The summed E-state index contributed by atoms with van der Waals surface area (Å²) in [6, 6.07) is 17.4. The Kier molecular flexibility index (Phi) is 7.37. The third-order valence-electron chi connectivity index (χ3n) is 6.38. The second-order valence-electron chi connectivity index (χ2n) is 8.98. The van der Waals surface area contributed by atoms with E-state index in [4.69, 9.17) is 20.2 Å². The maximum Gasteiger partial charge on any atom is 0.246 e. The minimum atomic E-state index is 0.000503. The first kappa shape index (κ1) is 24.4. The standard InChI is InChI=1S/C29H29N5O3/c1-36-16-6-10-25(35)34-15-5-7-20(18-34)17-24-28-26(29(30)32-19-31-28)27(33-24)21-11-13-23(14-12-21)37-22-8-3-2-4-9-22/h2-4,6,8-14,17,19-20H,5,7,15-16,18H2,1H3,(H2,30,31,32)/b10-6+,24-17-. The highest BCUT2D eigenvalue weighted by Gasteiger charge is 2.28. The molecule has 1 fully saturated rings. The van der Waals surface area contributed by atoms with Gasteiger partial charge in [-0.3, -0.25) is 4.79 Å². The van der Waals surface area contributed by atoms with Crippen LogP contribution in [0.2, 0.25) is 0 Å². The van der Waals surface area contributed by atoms with Gasteiger partial charge in [-0.25, -0.2) is 15.0 Å². The molecule has 3 heterocycles. The lowest BCUT2D eigenvalue weighted by molar-refractivity contribution is -0.127. The number of fused-ring (bicyclic) bond motifs is 1. The number of carbonyl (C=O) groups excluding carboxylic acids is 1. The van der Waals surface area contributed by atoms with E-state index in [9.17, 15) is 4.79 Å². The molecule has 1 atom stereocenters. The summed E-state index contributed by atoms with van der Waals surface area (Å²) in [5.74, 6) is 2.06. The molecular weight excluding hydrogens is 466 g/mol. The molecule has 1 aromatic heterocycles. The fourth-order valence-electron chi connectivity index (χ4n) is 4.61. The molecule has 0 aliphatic carbocycles. The largest absolute Gasteiger partial charge is 0.457 e. The number of nitrogens with zero attached hydrogens (tertiary/aromatic N) is 4. The normalized spacial score (nSPS) is 18.2. The van der Waals surface area contributed by atoms with Gasteiger partial charge < -0.3 is 20.1 Å². The average Bonchev–Trinajstić information content (AvgIpc) is 3.29. The quantitative estimate of drug-likeness (QED) is 0.485. The maximum absolute atomic E-state index is 12.6. The first-order valence-electron chi connectivity index (χ1n) is 12.3. The van der Waals surface area contributed by atoms with Gasteiger partial charge in [0, 0.05) is 31.8 Å². The molecule has 2 aliphatic rings. The molecule has 0 bridgehead atoms. The predicted molar refractivity (Wildman–Crippen MR) is 143 cm³/mol. The number of nitrogen functional groups attached to an aromatic ring is 1.